The second kappa shape index (κ2) is 5.16. The lowest BCUT2D eigenvalue weighted by atomic mass is 10.1. The van der Waals surface area contributed by atoms with Crippen LogP contribution < -0.4 is 10.1 Å². The number of nitrogens with zero attached hydrogens (tertiary/aromatic N) is 2. The van der Waals surface area contributed by atoms with Gasteiger partial charge in [0, 0.05) is 11.4 Å². The number of carbonyl (C=O) groups is 1. The van der Waals surface area contributed by atoms with Crippen LogP contribution in [0.1, 0.15) is 11.4 Å². The second-order valence-electron chi connectivity index (χ2n) is 4.56. The molecule has 0 spiro atoms. The quantitative estimate of drug-likeness (QED) is 0.885. The maximum Gasteiger partial charge on any atom is 0.451 e. The molecule has 1 aromatic carbocycles. The van der Waals surface area contributed by atoms with Crippen LogP contribution in [0.15, 0.2) is 18.2 Å². The van der Waals surface area contributed by atoms with E-state index in [1.165, 1.54) is 0 Å². The molecule has 0 fully saturated rings. The summed E-state index contributed by atoms with van der Waals surface area (Å²) in [5.41, 5.74) is 0.749. The fourth-order valence-electron chi connectivity index (χ4n) is 2.00. The van der Waals surface area contributed by atoms with Crippen LogP contribution in [0.4, 0.5) is 19.1 Å². The van der Waals surface area contributed by atoms with E-state index in [1.807, 2.05) is 0 Å². The minimum absolute atomic E-state index is 0.262. The average molecular weight is 333 g/mol. The van der Waals surface area contributed by atoms with E-state index in [-0.39, 0.29) is 6.42 Å². The number of benzene rings is 1. The Balaban J connectivity index is 1.68. The van der Waals surface area contributed by atoms with Crippen molar-refractivity contribution in [2.24, 2.45) is 0 Å². The smallest absolute Gasteiger partial charge is 0.451 e. The molecule has 22 heavy (non-hydrogen) atoms. The number of hydrogen-bond donors (Lipinski definition) is 2. The summed E-state index contributed by atoms with van der Waals surface area (Å²) in [7, 11) is 0. The van der Waals surface area contributed by atoms with Crippen molar-refractivity contribution in [1.82, 2.24) is 15.2 Å². The van der Waals surface area contributed by atoms with Gasteiger partial charge in [-0.2, -0.15) is 18.2 Å². The highest BCUT2D eigenvalue weighted by atomic mass is 35.5. The summed E-state index contributed by atoms with van der Waals surface area (Å²) < 4.78 is 42.5. The first-order valence-electron chi connectivity index (χ1n) is 6.08. The van der Waals surface area contributed by atoms with Gasteiger partial charge in [-0.1, -0.05) is 11.6 Å². The van der Waals surface area contributed by atoms with Gasteiger partial charge in [0.05, 0.1) is 0 Å². The second-order valence-corrected chi connectivity index (χ2v) is 4.99. The van der Waals surface area contributed by atoms with Gasteiger partial charge in [-0.3, -0.25) is 15.2 Å². The Labute approximate surface area is 126 Å². The highest BCUT2D eigenvalue weighted by Crippen LogP contribution is 2.31. The molecule has 2 aromatic rings. The van der Waals surface area contributed by atoms with Crippen LogP contribution in [0.5, 0.6) is 5.75 Å². The molecule has 1 atom stereocenters. The lowest BCUT2D eigenvalue weighted by Gasteiger charge is -2.08. The number of ether oxygens (including phenoxy) is 1. The van der Waals surface area contributed by atoms with Gasteiger partial charge in [0.2, 0.25) is 11.8 Å². The van der Waals surface area contributed by atoms with Crippen molar-refractivity contribution < 1.29 is 22.7 Å². The molecule has 0 aliphatic carbocycles. The number of alkyl halides is 3. The van der Waals surface area contributed by atoms with E-state index in [0.717, 1.165) is 5.56 Å². The van der Waals surface area contributed by atoms with Gasteiger partial charge in [0.25, 0.3) is 5.91 Å². The third kappa shape index (κ3) is 2.84. The Hall–Kier alpha value is -2.29. The van der Waals surface area contributed by atoms with E-state index in [0.29, 0.717) is 10.8 Å². The zero-order valence-electron chi connectivity index (χ0n) is 10.7. The van der Waals surface area contributed by atoms with Crippen molar-refractivity contribution in [2.45, 2.75) is 18.7 Å². The first kappa shape index (κ1) is 14.6. The molecule has 1 aliphatic heterocycles. The van der Waals surface area contributed by atoms with Crippen molar-refractivity contribution in [1.29, 1.82) is 0 Å². The zero-order valence-corrected chi connectivity index (χ0v) is 11.5. The van der Waals surface area contributed by atoms with Gasteiger partial charge >= 0.3 is 6.18 Å². The number of H-pyrrole nitrogens is 1. The van der Waals surface area contributed by atoms with Gasteiger partial charge in [-0.05, 0) is 23.8 Å². The molecule has 116 valence electrons. The van der Waals surface area contributed by atoms with Crippen molar-refractivity contribution in [3.8, 4) is 5.75 Å². The van der Waals surface area contributed by atoms with E-state index in [9.17, 15) is 18.0 Å². The van der Waals surface area contributed by atoms with Gasteiger partial charge in [-0.25, -0.2) is 0 Å². The molecule has 1 aliphatic rings. The molecule has 2 heterocycles. The van der Waals surface area contributed by atoms with Crippen molar-refractivity contribution >= 4 is 23.5 Å². The molecule has 0 saturated carbocycles. The van der Waals surface area contributed by atoms with Crippen LogP contribution in [-0.2, 0) is 17.4 Å². The largest absolute Gasteiger partial charge is 0.480 e. The summed E-state index contributed by atoms with van der Waals surface area (Å²) in [4.78, 5) is 15.1. The molecule has 6 nitrogen and oxygen atoms in total. The fraction of sp³-hybridized carbons (Fsp3) is 0.250. The van der Waals surface area contributed by atoms with Crippen molar-refractivity contribution in [3.05, 3.63) is 34.6 Å². The van der Waals surface area contributed by atoms with Gasteiger partial charge in [-0.15, -0.1) is 5.10 Å². The summed E-state index contributed by atoms with van der Waals surface area (Å²) in [5, 5.41) is 7.68. The topological polar surface area (TPSA) is 79.9 Å². The minimum atomic E-state index is -4.66. The molecule has 2 N–H and O–H groups in total. The van der Waals surface area contributed by atoms with Crippen LogP contribution in [0.2, 0.25) is 5.02 Å². The Kier molecular flexibility index (Phi) is 3.44. The molecule has 3 rings (SSSR count). The number of halogens is 4. The lowest BCUT2D eigenvalue weighted by molar-refractivity contribution is -0.144. The Morgan fingerprint density at radius 3 is 2.91 bits per heavy atom. The third-order valence-electron chi connectivity index (χ3n) is 2.98. The maximum atomic E-state index is 12.4. The molecule has 10 heteroatoms. The average Bonchev–Trinajstić information content (AvgIpc) is 3.03. The number of rotatable bonds is 2. The van der Waals surface area contributed by atoms with E-state index in [1.54, 1.807) is 23.3 Å². The highest BCUT2D eigenvalue weighted by molar-refractivity contribution is 6.30. The molecule has 1 amide bonds. The maximum absolute atomic E-state index is 12.4. The summed E-state index contributed by atoms with van der Waals surface area (Å²) >= 11 is 5.84. The predicted molar refractivity (Wildman–Crippen MR) is 69.6 cm³/mol. The summed E-state index contributed by atoms with van der Waals surface area (Å²) in [6, 6.07) is 4.91. The molecule has 0 saturated heterocycles. The van der Waals surface area contributed by atoms with E-state index in [4.69, 9.17) is 16.3 Å². The first-order valence-corrected chi connectivity index (χ1v) is 6.46. The number of anilines is 1. The SMILES string of the molecule is O=C(Nc1n[nH]c(C(F)(F)F)n1)[C@@H]1Cc2cc(Cl)ccc2O1. The predicted octanol–water partition coefficient (Wildman–Crippen LogP) is 2.42. The monoisotopic (exact) mass is 332 g/mol. The minimum Gasteiger partial charge on any atom is -0.480 e. The van der Waals surface area contributed by atoms with Gasteiger partial charge in [0.1, 0.15) is 5.75 Å². The zero-order chi connectivity index (χ0) is 15.9. The Morgan fingerprint density at radius 2 is 2.23 bits per heavy atom. The third-order valence-corrected chi connectivity index (χ3v) is 3.21. The standard InChI is InChI=1S/C12H8ClF3N4O2/c13-6-1-2-7-5(3-6)4-8(22-7)9(21)17-11-18-10(19-20-11)12(14,15)16/h1-3,8H,4H2,(H2,17,18,19,20,21)/t8-/m0/s1. The normalized spacial score (nSPS) is 17.0. The number of fused-ring (bicyclic) bond motifs is 1. The number of nitrogens with one attached hydrogen (secondary N) is 2. The molecular weight excluding hydrogens is 325 g/mol. The number of amides is 1. The number of aromatic nitrogens is 3. The van der Waals surface area contributed by atoms with Crippen LogP contribution in [0, 0.1) is 0 Å². The van der Waals surface area contributed by atoms with Crippen LogP contribution in [-0.4, -0.2) is 27.2 Å². The van der Waals surface area contributed by atoms with Crippen LogP contribution in [0.25, 0.3) is 0 Å². The molecule has 0 bridgehead atoms. The molecule has 0 radical (unpaired) electrons. The van der Waals surface area contributed by atoms with Crippen LogP contribution in [0.3, 0.4) is 0 Å². The van der Waals surface area contributed by atoms with Crippen LogP contribution >= 0.6 is 11.6 Å². The van der Waals surface area contributed by atoms with Crippen molar-refractivity contribution in [3.63, 3.8) is 0 Å². The first-order chi connectivity index (χ1) is 10.3. The summed E-state index contributed by atoms with van der Waals surface area (Å²) in [6.07, 6.45) is -5.27. The number of hydrogen-bond acceptors (Lipinski definition) is 4. The van der Waals surface area contributed by atoms with E-state index >= 15 is 0 Å². The molecular formula is C12H8ClF3N4O2. The van der Waals surface area contributed by atoms with E-state index in [2.05, 4.69) is 15.4 Å². The summed E-state index contributed by atoms with van der Waals surface area (Å²) in [5.74, 6) is -1.88. The Morgan fingerprint density at radius 1 is 1.45 bits per heavy atom. The Bertz CT molecular complexity index is 731. The molecule has 1 aromatic heterocycles. The van der Waals surface area contributed by atoms with Crippen molar-refractivity contribution in [2.75, 3.05) is 5.32 Å². The van der Waals surface area contributed by atoms with E-state index < -0.39 is 30.0 Å². The molecule has 0 unspecified atom stereocenters. The van der Waals surface area contributed by atoms with Gasteiger partial charge < -0.3 is 4.74 Å². The van der Waals surface area contributed by atoms with Gasteiger partial charge in [0.15, 0.2) is 6.10 Å². The summed E-state index contributed by atoms with van der Waals surface area (Å²) in [6.45, 7) is 0. The highest BCUT2D eigenvalue weighted by Gasteiger charge is 2.36. The number of carbonyl (C=O) groups excluding carboxylic acids is 1. The number of aromatic amines is 1. The lowest BCUT2D eigenvalue weighted by Crippen LogP contribution is -2.31. The fourth-order valence-corrected chi connectivity index (χ4v) is 2.19.